The molecule has 0 aliphatic carbocycles. The van der Waals surface area contributed by atoms with Crippen molar-refractivity contribution in [3.8, 4) is 0 Å². The number of rotatable bonds is 4. The third kappa shape index (κ3) is 3.92. The number of hydrogen-bond acceptors (Lipinski definition) is 2. The van der Waals surface area contributed by atoms with Gasteiger partial charge in [-0.05, 0) is 18.6 Å². The maximum Gasteiger partial charge on any atom is 0.319 e. The molecule has 1 rings (SSSR count). The summed E-state index contributed by atoms with van der Waals surface area (Å²) < 4.78 is 25.9. The van der Waals surface area contributed by atoms with Gasteiger partial charge in [0, 0.05) is 6.07 Å². The summed E-state index contributed by atoms with van der Waals surface area (Å²) in [4.78, 5) is 11.7. The molecule has 0 aliphatic rings. The van der Waals surface area contributed by atoms with Crippen molar-refractivity contribution in [2.75, 3.05) is 5.32 Å². The fourth-order valence-electron chi connectivity index (χ4n) is 1.28. The lowest BCUT2D eigenvalue weighted by atomic mass is 10.2. The van der Waals surface area contributed by atoms with Gasteiger partial charge in [-0.3, -0.25) is 0 Å². The van der Waals surface area contributed by atoms with Crippen LogP contribution in [-0.2, 0) is 0 Å². The van der Waals surface area contributed by atoms with E-state index in [0.29, 0.717) is 12.5 Å². The van der Waals surface area contributed by atoms with Gasteiger partial charge in [0.25, 0.3) is 0 Å². The van der Waals surface area contributed by atoms with Crippen molar-refractivity contribution in [2.24, 2.45) is 5.73 Å². The van der Waals surface area contributed by atoms with Crippen LogP contribution < -0.4 is 16.4 Å². The Bertz CT molecular complexity index is 468. The highest BCUT2D eigenvalue weighted by atomic mass is 32.1. The van der Waals surface area contributed by atoms with Crippen molar-refractivity contribution in [2.45, 2.75) is 19.4 Å². The number of carbonyl (C=O) groups is 1. The summed E-state index contributed by atoms with van der Waals surface area (Å²) in [6.07, 6.45) is 0.522. The Labute approximate surface area is 109 Å². The Morgan fingerprint density at radius 2 is 2.17 bits per heavy atom. The van der Waals surface area contributed by atoms with Gasteiger partial charge in [0.05, 0.1) is 16.7 Å². The molecular weight excluding hydrogens is 260 g/mol. The van der Waals surface area contributed by atoms with Gasteiger partial charge < -0.3 is 16.4 Å². The van der Waals surface area contributed by atoms with Crippen LogP contribution >= 0.6 is 12.2 Å². The van der Waals surface area contributed by atoms with E-state index in [0.717, 1.165) is 12.1 Å². The molecule has 0 spiro atoms. The number of urea groups is 1. The lowest BCUT2D eigenvalue weighted by Gasteiger charge is -2.16. The van der Waals surface area contributed by atoms with Gasteiger partial charge in [0.15, 0.2) is 0 Å². The molecular formula is C11H13F2N3OS. The van der Waals surface area contributed by atoms with Crippen LogP contribution in [0.25, 0.3) is 0 Å². The SMILES string of the molecule is CCC(NC(=O)Nc1ccc(F)cc1F)C(N)=S. The predicted octanol–water partition coefficient (Wildman–Crippen LogP) is 2.15. The Hall–Kier alpha value is -1.76. The van der Waals surface area contributed by atoms with E-state index in [-0.39, 0.29) is 10.7 Å². The van der Waals surface area contributed by atoms with Crippen LogP contribution in [0, 0.1) is 11.6 Å². The first-order valence-electron chi connectivity index (χ1n) is 5.26. The highest BCUT2D eigenvalue weighted by Crippen LogP contribution is 2.14. The number of hydrogen-bond donors (Lipinski definition) is 3. The standard InChI is InChI=1S/C11H13F2N3OS/c1-2-8(10(14)18)15-11(17)16-9-4-3-6(12)5-7(9)13/h3-5,8H,2H2,1H3,(H2,14,18)(H2,15,16,17). The Kier molecular flexibility index (Phi) is 4.96. The minimum absolute atomic E-state index is 0.119. The van der Waals surface area contributed by atoms with E-state index < -0.39 is 23.7 Å². The molecule has 1 unspecified atom stereocenters. The molecule has 0 saturated carbocycles. The van der Waals surface area contributed by atoms with Crippen LogP contribution in [0.3, 0.4) is 0 Å². The highest BCUT2D eigenvalue weighted by Gasteiger charge is 2.14. The van der Waals surface area contributed by atoms with Crippen molar-refractivity contribution in [1.29, 1.82) is 0 Å². The minimum atomic E-state index is -0.853. The molecule has 0 heterocycles. The first kappa shape index (κ1) is 14.3. The molecule has 2 amide bonds. The highest BCUT2D eigenvalue weighted by molar-refractivity contribution is 7.80. The minimum Gasteiger partial charge on any atom is -0.392 e. The van der Waals surface area contributed by atoms with Crippen LogP contribution in [0.15, 0.2) is 18.2 Å². The number of anilines is 1. The second-order valence-electron chi connectivity index (χ2n) is 3.59. The molecule has 4 N–H and O–H groups in total. The maximum atomic E-state index is 13.3. The van der Waals surface area contributed by atoms with Gasteiger partial charge in [-0.25, -0.2) is 13.6 Å². The zero-order chi connectivity index (χ0) is 13.7. The molecule has 18 heavy (non-hydrogen) atoms. The number of amides is 2. The quantitative estimate of drug-likeness (QED) is 0.736. The second kappa shape index (κ2) is 6.25. The molecule has 0 aromatic heterocycles. The first-order chi connectivity index (χ1) is 8.43. The van der Waals surface area contributed by atoms with E-state index >= 15 is 0 Å². The topological polar surface area (TPSA) is 67.2 Å². The molecule has 1 atom stereocenters. The number of carbonyl (C=O) groups excluding carboxylic acids is 1. The van der Waals surface area contributed by atoms with Gasteiger partial charge in [-0.1, -0.05) is 19.1 Å². The number of benzene rings is 1. The summed E-state index contributed by atoms with van der Waals surface area (Å²) in [5.74, 6) is -1.57. The molecule has 0 bridgehead atoms. The summed E-state index contributed by atoms with van der Waals surface area (Å²) in [7, 11) is 0. The van der Waals surface area contributed by atoms with Crippen LogP contribution in [-0.4, -0.2) is 17.1 Å². The molecule has 0 aliphatic heterocycles. The monoisotopic (exact) mass is 273 g/mol. The Morgan fingerprint density at radius 3 is 2.67 bits per heavy atom. The molecule has 0 fully saturated rings. The van der Waals surface area contributed by atoms with Crippen molar-refractivity contribution in [3.63, 3.8) is 0 Å². The van der Waals surface area contributed by atoms with Crippen LogP contribution in [0.2, 0.25) is 0 Å². The Morgan fingerprint density at radius 1 is 1.50 bits per heavy atom. The number of thiocarbonyl (C=S) groups is 1. The summed E-state index contributed by atoms with van der Waals surface area (Å²) >= 11 is 4.75. The third-order valence-electron chi connectivity index (χ3n) is 2.24. The van der Waals surface area contributed by atoms with Crippen LogP contribution in [0.5, 0.6) is 0 Å². The van der Waals surface area contributed by atoms with E-state index in [9.17, 15) is 13.6 Å². The fraction of sp³-hybridized carbons (Fsp3) is 0.273. The van der Waals surface area contributed by atoms with E-state index in [1.807, 2.05) is 0 Å². The number of nitrogens with two attached hydrogens (primary N) is 1. The largest absolute Gasteiger partial charge is 0.392 e. The van der Waals surface area contributed by atoms with Crippen LogP contribution in [0.4, 0.5) is 19.3 Å². The second-order valence-corrected chi connectivity index (χ2v) is 4.06. The van der Waals surface area contributed by atoms with E-state index in [2.05, 4.69) is 10.6 Å². The molecule has 4 nitrogen and oxygen atoms in total. The van der Waals surface area contributed by atoms with Crippen molar-refractivity contribution < 1.29 is 13.6 Å². The first-order valence-corrected chi connectivity index (χ1v) is 5.66. The molecule has 0 saturated heterocycles. The van der Waals surface area contributed by atoms with Crippen molar-refractivity contribution in [3.05, 3.63) is 29.8 Å². The van der Waals surface area contributed by atoms with Gasteiger partial charge in [-0.15, -0.1) is 0 Å². The van der Waals surface area contributed by atoms with Gasteiger partial charge in [0.1, 0.15) is 11.6 Å². The summed E-state index contributed by atoms with van der Waals surface area (Å²) in [6.45, 7) is 1.79. The van der Waals surface area contributed by atoms with Gasteiger partial charge in [-0.2, -0.15) is 0 Å². The zero-order valence-electron chi connectivity index (χ0n) is 9.67. The average Bonchev–Trinajstić information content (AvgIpc) is 2.29. The molecule has 1 aromatic rings. The fourth-order valence-corrected chi connectivity index (χ4v) is 1.51. The maximum absolute atomic E-state index is 13.3. The average molecular weight is 273 g/mol. The Balaban J connectivity index is 2.67. The molecule has 1 aromatic carbocycles. The van der Waals surface area contributed by atoms with Gasteiger partial charge >= 0.3 is 6.03 Å². The normalized spacial score (nSPS) is 11.7. The van der Waals surface area contributed by atoms with Crippen LogP contribution in [0.1, 0.15) is 13.3 Å². The van der Waals surface area contributed by atoms with E-state index in [1.54, 1.807) is 6.92 Å². The summed E-state index contributed by atoms with van der Waals surface area (Å²) in [6, 6.07) is 1.74. The summed E-state index contributed by atoms with van der Waals surface area (Å²) in [5, 5.41) is 4.73. The number of halogens is 2. The van der Waals surface area contributed by atoms with Crippen molar-refractivity contribution >= 4 is 28.9 Å². The molecule has 7 heteroatoms. The predicted molar refractivity (Wildman–Crippen MR) is 69.4 cm³/mol. The summed E-state index contributed by atoms with van der Waals surface area (Å²) in [5.41, 5.74) is 5.29. The van der Waals surface area contributed by atoms with E-state index in [4.69, 9.17) is 18.0 Å². The smallest absolute Gasteiger partial charge is 0.319 e. The van der Waals surface area contributed by atoms with E-state index in [1.165, 1.54) is 0 Å². The molecule has 98 valence electrons. The third-order valence-corrected chi connectivity index (χ3v) is 2.52. The van der Waals surface area contributed by atoms with Crippen molar-refractivity contribution in [1.82, 2.24) is 5.32 Å². The zero-order valence-corrected chi connectivity index (χ0v) is 10.5. The lowest BCUT2D eigenvalue weighted by Crippen LogP contribution is -2.44. The lowest BCUT2D eigenvalue weighted by molar-refractivity contribution is 0.250. The number of nitrogens with one attached hydrogen (secondary N) is 2. The van der Waals surface area contributed by atoms with Gasteiger partial charge in [0.2, 0.25) is 0 Å². The molecule has 0 radical (unpaired) electrons.